The molecule has 0 bridgehead atoms. The molecule has 1 saturated heterocycles. The van der Waals surface area contributed by atoms with Crippen LogP contribution in [-0.2, 0) is 4.79 Å². The number of rotatable bonds is 4. The topological polar surface area (TPSA) is 32.3 Å². The number of likely N-dealkylation sites (N-methyl/N-ethyl adjacent to an activating group) is 1. The molecule has 3 nitrogen and oxygen atoms in total. The fourth-order valence-corrected chi connectivity index (χ4v) is 1.63. The highest BCUT2D eigenvalue weighted by Gasteiger charge is 2.27. The molecular formula is C8H15ClN2O. The molecule has 70 valence electrons. The first kappa shape index (κ1) is 9.81. The molecule has 1 atom stereocenters. The van der Waals surface area contributed by atoms with Crippen LogP contribution in [0.15, 0.2) is 0 Å². The molecule has 1 heterocycles. The standard InChI is InChI=1S/C8H15ClN2O/c1-10-2-3-11-6-7(5-9)4-8(11)12/h7,10H,2-6H2,1H3. The monoisotopic (exact) mass is 190 g/mol. The molecule has 0 aliphatic carbocycles. The van der Waals surface area contributed by atoms with Crippen LogP contribution in [0.4, 0.5) is 0 Å². The summed E-state index contributed by atoms with van der Waals surface area (Å²) in [7, 11) is 1.89. The predicted molar refractivity (Wildman–Crippen MR) is 49.3 cm³/mol. The molecule has 1 rings (SSSR count). The first-order chi connectivity index (χ1) is 5.77. The lowest BCUT2D eigenvalue weighted by Gasteiger charge is -2.15. The summed E-state index contributed by atoms with van der Waals surface area (Å²) in [6.45, 7) is 2.51. The van der Waals surface area contributed by atoms with Crippen molar-refractivity contribution in [1.29, 1.82) is 0 Å². The second kappa shape index (κ2) is 4.67. The van der Waals surface area contributed by atoms with Crippen molar-refractivity contribution in [2.75, 3.05) is 32.6 Å². The maximum atomic E-state index is 11.3. The summed E-state index contributed by atoms with van der Waals surface area (Å²) in [4.78, 5) is 13.2. The number of nitrogens with one attached hydrogen (secondary N) is 1. The Morgan fingerprint density at radius 1 is 1.75 bits per heavy atom. The van der Waals surface area contributed by atoms with Gasteiger partial charge in [-0.1, -0.05) is 0 Å². The first-order valence-corrected chi connectivity index (χ1v) is 4.79. The van der Waals surface area contributed by atoms with E-state index in [0.29, 0.717) is 18.2 Å². The maximum Gasteiger partial charge on any atom is 0.223 e. The number of nitrogens with zero attached hydrogens (tertiary/aromatic N) is 1. The van der Waals surface area contributed by atoms with Crippen LogP contribution in [0.1, 0.15) is 6.42 Å². The van der Waals surface area contributed by atoms with Crippen molar-refractivity contribution < 1.29 is 4.79 Å². The Morgan fingerprint density at radius 3 is 3.00 bits per heavy atom. The number of likely N-dealkylation sites (tertiary alicyclic amines) is 1. The van der Waals surface area contributed by atoms with Gasteiger partial charge in [0.25, 0.3) is 0 Å². The van der Waals surface area contributed by atoms with Gasteiger partial charge in [0.15, 0.2) is 0 Å². The number of hydrogen-bond acceptors (Lipinski definition) is 2. The largest absolute Gasteiger partial charge is 0.341 e. The van der Waals surface area contributed by atoms with Crippen LogP contribution in [0.5, 0.6) is 0 Å². The van der Waals surface area contributed by atoms with Gasteiger partial charge in [0.1, 0.15) is 0 Å². The van der Waals surface area contributed by atoms with E-state index in [-0.39, 0.29) is 5.91 Å². The molecule has 4 heteroatoms. The zero-order chi connectivity index (χ0) is 8.97. The molecule has 1 fully saturated rings. The van der Waals surface area contributed by atoms with Gasteiger partial charge in [0.05, 0.1) is 0 Å². The summed E-state index contributed by atoms with van der Waals surface area (Å²) in [6, 6.07) is 0. The van der Waals surface area contributed by atoms with E-state index < -0.39 is 0 Å². The Morgan fingerprint density at radius 2 is 2.50 bits per heavy atom. The van der Waals surface area contributed by atoms with Crippen LogP contribution in [-0.4, -0.2) is 43.4 Å². The molecule has 0 aromatic heterocycles. The van der Waals surface area contributed by atoms with Crippen molar-refractivity contribution in [3.63, 3.8) is 0 Å². The zero-order valence-electron chi connectivity index (χ0n) is 7.35. The molecule has 1 aliphatic heterocycles. The summed E-state index contributed by atoms with van der Waals surface area (Å²) >= 11 is 5.68. The van der Waals surface area contributed by atoms with Gasteiger partial charge in [0, 0.05) is 31.9 Å². The van der Waals surface area contributed by atoms with Gasteiger partial charge in [-0.15, -0.1) is 11.6 Å². The smallest absolute Gasteiger partial charge is 0.223 e. The lowest BCUT2D eigenvalue weighted by atomic mass is 10.2. The van der Waals surface area contributed by atoms with E-state index in [4.69, 9.17) is 11.6 Å². The van der Waals surface area contributed by atoms with E-state index in [9.17, 15) is 4.79 Å². The van der Waals surface area contributed by atoms with Crippen LogP contribution < -0.4 is 5.32 Å². The third-order valence-electron chi connectivity index (χ3n) is 2.14. The Bertz CT molecular complexity index is 163. The number of hydrogen-bond donors (Lipinski definition) is 1. The Balaban J connectivity index is 2.31. The van der Waals surface area contributed by atoms with Crippen LogP contribution in [0, 0.1) is 5.92 Å². The second-order valence-electron chi connectivity index (χ2n) is 3.17. The average Bonchev–Trinajstić information content (AvgIpc) is 2.43. The Kier molecular flexibility index (Phi) is 3.82. The first-order valence-electron chi connectivity index (χ1n) is 4.26. The van der Waals surface area contributed by atoms with Crippen molar-refractivity contribution in [2.24, 2.45) is 5.92 Å². The van der Waals surface area contributed by atoms with Gasteiger partial charge in [-0.05, 0) is 13.0 Å². The summed E-state index contributed by atoms with van der Waals surface area (Å²) in [5.74, 6) is 1.22. The lowest BCUT2D eigenvalue weighted by Crippen LogP contribution is -2.32. The third kappa shape index (κ3) is 2.35. The minimum atomic E-state index is 0.246. The van der Waals surface area contributed by atoms with Gasteiger partial charge in [-0.3, -0.25) is 4.79 Å². The van der Waals surface area contributed by atoms with Crippen molar-refractivity contribution >= 4 is 17.5 Å². The van der Waals surface area contributed by atoms with Crippen LogP contribution >= 0.6 is 11.6 Å². The summed E-state index contributed by atoms with van der Waals surface area (Å²) in [5, 5.41) is 3.02. The Labute approximate surface area is 78.1 Å². The van der Waals surface area contributed by atoms with Crippen molar-refractivity contribution in [2.45, 2.75) is 6.42 Å². The van der Waals surface area contributed by atoms with Crippen molar-refractivity contribution in [3.05, 3.63) is 0 Å². The molecule has 0 aromatic rings. The molecule has 0 aromatic carbocycles. The van der Waals surface area contributed by atoms with Crippen LogP contribution in [0.3, 0.4) is 0 Å². The van der Waals surface area contributed by atoms with Crippen molar-refractivity contribution in [1.82, 2.24) is 10.2 Å². The van der Waals surface area contributed by atoms with Gasteiger partial charge in [-0.25, -0.2) is 0 Å². The highest BCUT2D eigenvalue weighted by atomic mass is 35.5. The predicted octanol–water partition coefficient (Wildman–Crippen LogP) is 0.293. The van der Waals surface area contributed by atoms with Gasteiger partial charge >= 0.3 is 0 Å². The molecule has 0 saturated carbocycles. The molecule has 1 aliphatic rings. The van der Waals surface area contributed by atoms with Crippen LogP contribution in [0.2, 0.25) is 0 Å². The molecule has 0 spiro atoms. The highest BCUT2D eigenvalue weighted by Crippen LogP contribution is 2.17. The normalized spacial score (nSPS) is 23.7. The fraction of sp³-hybridized carbons (Fsp3) is 0.875. The van der Waals surface area contributed by atoms with Gasteiger partial charge in [0.2, 0.25) is 5.91 Å². The third-order valence-corrected chi connectivity index (χ3v) is 2.58. The second-order valence-corrected chi connectivity index (χ2v) is 3.48. The van der Waals surface area contributed by atoms with E-state index in [1.807, 2.05) is 11.9 Å². The summed E-state index contributed by atoms with van der Waals surface area (Å²) in [5.41, 5.74) is 0. The van der Waals surface area contributed by atoms with Crippen molar-refractivity contribution in [3.8, 4) is 0 Å². The van der Waals surface area contributed by atoms with Crippen LogP contribution in [0.25, 0.3) is 0 Å². The number of amides is 1. The van der Waals surface area contributed by atoms with E-state index >= 15 is 0 Å². The molecule has 1 unspecified atom stereocenters. The average molecular weight is 191 g/mol. The number of halogens is 1. The number of alkyl halides is 1. The highest BCUT2D eigenvalue weighted by molar-refractivity contribution is 6.18. The van der Waals surface area contributed by atoms with E-state index in [1.165, 1.54) is 0 Å². The molecule has 1 N–H and O–H groups in total. The fourth-order valence-electron chi connectivity index (χ4n) is 1.42. The van der Waals surface area contributed by atoms with Gasteiger partial charge in [-0.2, -0.15) is 0 Å². The molecule has 1 amide bonds. The van der Waals surface area contributed by atoms with E-state index in [1.54, 1.807) is 0 Å². The quantitative estimate of drug-likeness (QED) is 0.647. The maximum absolute atomic E-state index is 11.3. The van der Waals surface area contributed by atoms with E-state index in [0.717, 1.165) is 19.6 Å². The SMILES string of the molecule is CNCCN1CC(CCl)CC1=O. The lowest BCUT2D eigenvalue weighted by molar-refractivity contribution is -0.127. The number of carbonyl (C=O) groups is 1. The minimum Gasteiger partial charge on any atom is -0.341 e. The Hall–Kier alpha value is -0.280. The summed E-state index contributed by atoms with van der Waals surface area (Å²) in [6.07, 6.45) is 0.632. The molecule has 12 heavy (non-hydrogen) atoms. The van der Waals surface area contributed by atoms with Gasteiger partial charge < -0.3 is 10.2 Å². The molecule has 0 radical (unpaired) electrons. The molecular weight excluding hydrogens is 176 g/mol. The minimum absolute atomic E-state index is 0.246. The summed E-state index contributed by atoms with van der Waals surface area (Å²) < 4.78 is 0. The number of carbonyl (C=O) groups excluding carboxylic acids is 1. The van der Waals surface area contributed by atoms with E-state index in [2.05, 4.69) is 5.32 Å². The zero-order valence-corrected chi connectivity index (χ0v) is 8.10.